The Morgan fingerprint density at radius 2 is 1.50 bits per heavy atom. The summed E-state index contributed by atoms with van der Waals surface area (Å²) in [5, 5.41) is 5.12. The fourth-order valence-corrected chi connectivity index (χ4v) is 2.23. The maximum absolute atomic E-state index is 12.2. The number of hydrogen-bond donors (Lipinski definition) is 2. The van der Waals surface area contributed by atoms with Gasteiger partial charge >= 0.3 is 12.1 Å². The second kappa shape index (κ2) is 8.71. The molecular weight excluding hydrogens is 369 g/mol. The Balaban J connectivity index is 1.77. The van der Waals surface area contributed by atoms with Crippen LogP contribution >= 0.6 is 11.6 Å². The van der Waals surface area contributed by atoms with E-state index in [1.165, 1.54) is 24.3 Å². The highest BCUT2D eigenvalue weighted by atomic mass is 35.5. The van der Waals surface area contributed by atoms with Crippen molar-refractivity contribution in [3.05, 3.63) is 64.7 Å². The topological polar surface area (TPSA) is 58.2 Å². The zero-order chi connectivity index (χ0) is 19.2. The van der Waals surface area contributed by atoms with Gasteiger partial charge in [0.15, 0.2) is 0 Å². The zero-order valence-corrected chi connectivity index (χ0v) is 14.3. The largest absolute Gasteiger partial charge is 0.471 e. The van der Waals surface area contributed by atoms with E-state index in [9.17, 15) is 22.8 Å². The van der Waals surface area contributed by atoms with E-state index in [0.717, 1.165) is 5.56 Å². The summed E-state index contributed by atoms with van der Waals surface area (Å²) in [6.07, 6.45) is -4.05. The fourth-order valence-electron chi connectivity index (χ4n) is 2.11. The minimum Gasteiger partial charge on any atom is -0.352 e. The van der Waals surface area contributed by atoms with Crippen LogP contribution in [0.5, 0.6) is 0 Å². The molecule has 0 aliphatic heterocycles. The average molecular weight is 385 g/mol. The summed E-state index contributed by atoms with van der Waals surface area (Å²) in [7, 11) is 0. The minimum absolute atomic E-state index is 0.0325. The van der Waals surface area contributed by atoms with Crippen LogP contribution < -0.4 is 10.6 Å². The molecule has 0 radical (unpaired) electrons. The number of anilines is 1. The molecule has 0 aromatic heterocycles. The van der Waals surface area contributed by atoms with Crippen LogP contribution in [0.25, 0.3) is 0 Å². The van der Waals surface area contributed by atoms with E-state index >= 15 is 0 Å². The number of benzene rings is 2. The third-order valence-corrected chi connectivity index (χ3v) is 3.76. The van der Waals surface area contributed by atoms with Crippen LogP contribution in [0, 0.1) is 0 Å². The van der Waals surface area contributed by atoms with Crippen LogP contribution in [0.15, 0.2) is 48.5 Å². The Morgan fingerprint density at radius 1 is 0.923 bits per heavy atom. The average Bonchev–Trinajstić information content (AvgIpc) is 2.60. The first-order valence-electron chi connectivity index (χ1n) is 7.72. The van der Waals surface area contributed by atoms with Crippen molar-refractivity contribution in [1.29, 1.82) is 0 Å². The summed E-state index contributed by atoms with van der Waals surface area (Å²) in [4.78, 5) is 22.7. The molecule has 0 bridgehead atoms. The predicted octanol–water partition coefficient (Wildman–Crippen LogP) is 4.09. The SMILES string of the molecule is O=C(CCc1ccc(Cl)cc1)NCc1ccc(NC(=O)C(F)(F)F)cc1. The van der Waals surface area contributed by atoms with Gasteiger partial charge in [-0.05, 0) is 41.8 Å². The van der Waals surface area contributed by atoms with Crippen molar-refractivity contribution in [3.63, 3.8) is 0 Å². The highest BCUT2D eigenvalue weighted by molar-refractivity contribution is 6.30. The van der Waals surface area contributed by atoms with E-state index in [-0.39, 0.29) is 18.1 Å². The molecule has 2 aromatic rings. The Labute approximate surface area is 153 Å². The first-order chi connectivity index (χ1) is 12.2. The molecule has 0 atom stereocenters. The van der Waals surface area contributed by atoms with Crippen LogP contribution in [0.3, 0.4) is 0 Å². The van der Waals surface area contributed by atoms with Crippen LogP contribution in [0.2, 0.25) is 5.02 Å². The van der Waals surface area contributed by atoms with Gasteiger partial charge in [0.2, 0.25) is 5.91 Å². The van der Waals surface area contributed by atoms with Crippen molar-refractivity contribution in [2.75, 3.05) is 5.32 Å². The second-order valence-corrected chi connectivity index (χ2v) is 5.99. The molecule has 0 heterocycles. The van der Waals surface area contributed by atoms with Crippen LogP contribution in [-0.4, -0.2) is 18.0 Å². The van der Waals surface area contributed by atoms with Gasteiger partial charge in [-0.2, -0.15) is 13.2 Å². The van der Waals surface area contributed by atoms with Gasteiger partial charge in [0, 0.05) is 23.7 Å². The molecule has 0 aliphatic rings. The molecule has 2 rings (SSSR count). The van der Waals surface area contributed by atoms with Gasteiger partial charge in [-0.3, -0.25) is 9.59 Å². The molecule has 26 heavy (non-hydrogen) atoms. The Morgan fingerprint density at radius 3 is 2.08 bits per heavy atom. The molecule has 0 spiro atoms. The molecule has 138 valence electrons. The predicted molar refractivity (Wildman–Crippen MR) is 92.7 cm³/mol. The summed E-state index contributed by atoms with van der Waals surface area (Å²) < 4.78 is 36.5. The highest BCUT2D eigenvalue weighted by Gasteiger charge is 2.38. The molecular formula is C18H16ClF3N2O2. The third-order valence-electron chi connectivity index (χ3n) is 3.51. The number of carbonyl (C=O) groups excluding carboxylic acids is 2. The number of alkyl halides is 3. The number of aryl methyl sites for hydroxylation is 1. The van der Waals surface area contributed by atoms with Crippen molar-refractivity contribution >= 4 is 29.1 Å². The molecule has 0 fully saturated rings. The van der Waals surface area contributed by atoms with Crippen molar-refractivity contribution in [1.82, 2.24) is 5.32 Å². The fraction of sp³-hybridized carbons (Fsp3) is 0.222. The monoisotopic (exact) mass is 384 g/mol. The van der Waals surface area contributed by atoms with Gasteiger partial charge in [0.05, 0.1) is 0 Å². The first-order valence-corrected chi connectivity index (χ1v) is 8.10. The minimum atomic E-state index is -4.93. The van der Waals surface area contributed by atoms with Gasteiger partial charge in [-0.1, -0.05) is 35.9 Å². The number of rotatable bonds is 6. The van der Waals surface area contributed by atoms with Crippen molar-refractivity contribution in [2.24, 2.45) is 0 Å². The Bertz CT molecular complexity index is 760. The summed E-state index contributed by atoms with van der Waals surface area (Å²) in [5.74, 6) is -2.17. The van der Waals surface area contributed by atoms with Crippen LogP contribution in [0.1, 0.15) is 17.5 Å². The standard InChI is InChI=1S/C18H16ClF3N2O2/c19-14-6-1-12(2-7-14)5-10-16(25)23-11-13-3-8-15(9-4-13)24-17(26)18(20,21)22/h1-4,6-9H,5,10-11H2,(H,23,25)(H,24,26). The van der Waals surface area contributed by atoms with Gasteiger partial charge in [0.25, 0.3) is 0 Å². The van der Waals surface area contributed by atoms with E-state index < -0.39 is 12.1 Å². The van der Waals surface area contributed by atoms with Gasteiger partial charge in [0.1, 0.15) is 0 Å². The van der Waals surface area contributed by atoms with E-state index in [4.69, 9.17) is 11.6 Å². The van der Waals surface area contributed by atoms with Gasteiger partial charge in [-0.15, -0.1) is 0 Å². The first kappa shape index (κ1) is 19.8. The Hall–Kier alpha value is -2.54. The van der Waals surface area contributed by atoms with Crippen LogP contribution in [0.4, 0.5) is 18.9 Å². The molecule has 0 unspecified atom stereocenters. The van der Waals surface area contributed by atoms with Crippen molar-refractivity contribution in [2.45, 2.75) is 25.6 Å². The number of amides is 2. The van der Waals surface area contributed by atoms with E-state index in [1.807, 2.05) is 12.1 Å². The quantitative estimate of drug-likeness (QED) is 0.788. The molecule has 4 nitrogen and oxygen atoms in total. The Kier molecular flexibility index (Phi) is 6.63. The molecule has 0 saturated heterocycles. The smallest absolute Gasteiger partial charge is 0.352 e. The highest BCUT2D eigenvalue weighted by Crippen LogP contribution is 2.18. The maximum atomic E-state index is 12.2. The lowest BCUT2D eigenvalue weighted by molar-refractivity contribution is -0.167. The van der Waals surface area contributed by atoms with E-state index in [0.29, 0.717) is 23.4 Å². The molecule has 2 amide bonds. The van der Waals surface area contributed by atoms with Gasteiger partial charge in [-0.25, -0.2) is 0 Å². The molecule has 2 N–H and O–H groups in total. The number of halogens is 4. The molecule has 0 aliphatic carbocycles. The molecule has 8 heteroatoms. The summed E-state index contributed by atoms with van der Waals surface area (Å²) in [6, 6.07) is 13.0. The van der Waals surface area contributed by atoms with E-state index in [1.54, 1.807) is 17.4 Å². The lowest BCUT2D eigenvalue weighted by atomic mass is 10.1. The van der Waals surface area contributed by atoms with Crippen LogP contribution in [-0.2, 0) is 22.6 Å². The molecule has 2 aromatic carbocycles. The van der Waals surface area contributed by atoms with Gasteiger partial charge < -0.3 is 10.6 Å². The number of carbonyl (C=O) groups is 2. The second-order valence-electron chi connectivity index (χ2n) is 5.55. The maximum Gasteiger partial charge on any atom is 0.471 e. The lowest BCUT2D eigenvalue weighted by Crippen LogP contribution is -2.29. The lowest BCUT2D eigenvalue weighted by Gasteiger charge is -2.09. The summed E-state index contributed by atoms with van der Waals surface area (Å²) >= 11 is 5.79. The molecule has 0 saturated carbocycles. The zero-order valence-electron chi connectivity index (χ0n) is 13.6. The number of hydrogen-bond acceptors (Lipinski definition) is 2. The number of nitrogens with one attached hydrogen (secondary N) is 2. The van der Waals surface area contributed by atoms with Crippen molar-refractivity contribution < 1.29 is 22.8 Å². The normalized spacial score (nSPS) is 11.1. The van der Waals surface area contributed by atoms with E-state index in [2.05, 4.69) is 5.32 Å². The summed E-state index contributed by atoms with van der Waals surface area (Å²) in [6.45, 7) is 0.243. The third kappa shape index (κ3) is 6.40. The summed E-state index contributed by atoms with van der Waals surface area (Å²) in [5.41, 5.74) is 1.73. The van der Waals surface area contributed by atoms with Crippen molar-refractivity contribution in [3.8, 4) is 0 Å².